The van der Waals surface area contributed by atoms with E-state index in [0.29, 0.717) is 6.54 Å². The topological polar surface area (TPSA) is 34.7 Å². The number of nitrogens with zero attached hydrogens (tertiary/aromatic N) is 1. The second-order valence-corrected chi connectivity index (χ2v) is 7.19. The Morgan fingerprint density at radius 2 is 1.53 bits per heavy atom. The monoisotopic (exact) mass is 391 g/mol. The van der Waals surface area contributed by atoms with Crippen LogP contribution in [0.3, 0.4) is 0 Å². The van der Waals surface area contributed by atoms with Crippen LogP contribution in [-0.2, 0) is 6.54 Å². The maximum absolute atomic E-state index is 6.43. The fraction of sp³-hybridized carbons (Fsp3) is 0.0741. The highest BCUT2D eigenvalue weighted by Crippen LogP contribution is 2.29. The molecule has 3 heteroatoms. The minimum Gasteiger partial charge on any atom is -0.497 e. The Balaban J connectivity index is 1.75. The standard InChI is InChI=1S/C27H21NO2/c1-29-22-14-11-21(12-15-22)26-17-25(28-18-19-7-3-2-4-8-19)24-16-13-20-9-5-6-10-23(20)27(24)30-26/h2-17H,18H2,1H3. The highest BCUT2D eigenvalue weighted by atomic mass is 16.5. The predicted octanol–water partition coefficient (Wildman–Crippen LogP) is 6.36. The number of fused-ring (bicyclic) bond motifs is 3. The smallest absolute Gasteiger partial charge is 0.144 e. The van der Waals surface area contributed by atoms with E-state index < -0.39 is 0 Å². The molecule has 0 aliphatic carbocycles. The van der Waals surface area contributed by atoms with Crippen LogP contribution in [0, 0.1) is 0 Å². The number of benzene rings is 4. The number of methoxy groups -OCH3 is 1. The molecule has 0 atom stereocenters. The van der Waals surface area contributed by atoms with Crippen molar-refractivity contribution in [3.63, 3.8) is 0 Å². The summed E-state index contributed by atoms with van der Waals surface area (Å²) in [5, 5.41) is 4.18. The van der Waals surface area contributed by atoms with Crippen LogP contribution in [-0.4, -0.2) is 7.11 Å². The van der Waals surface area contributed by atoms with Gasteiger partial charge in [0, 0.05) is 22.4 Å². The molecular weight excluding hydrogens is 370 g/mol. The second kappa shape index (κ2) is 7.88. The number of hydrogen-bond donors (Lipinski definition) is 0. The van der Waals surface area contributed by atoms with Crippen molar-refractivity contribution in [3.8, 4) is 17.1 Å². The molecule has 0 N–H and O–H groups in total. The van der Waals surface area contributed by atoms with Crippen molar-refractivity contribution in [1.29, 1.82) is 0 Å². The summed E-state index contributed by atoms with van der Waals surface area (Å²) in [6, 6.07) is 32.7. The number of rotatable bonds is 4. The first-order valence-electron chi connectivity index (χ1n) is 9.96. The molecule has 0 radical (unpaired) electrons. The number of ether oxygens (including phenoxy) is 1. The molecule has 0 saturated carbocycles. The van der Waals surface area contributed by atoms with Crippen molar-refractivity contribution in [1.82, 2.24) is 0 Å². The molecule has 0 amide bonds. The van der Waals surface area contributed by atoms with Gasteiger partial charge in [0.1, 0.15) is 17.1 Å². The Bertz CT molecular complexity index is 1380. The number of hydrogen-bond acceptors (Lipinski definition) is 3. The molecule has 0 fully saturated rings. The van der Waals surface area contributed by atoms with Gasteiger partial charge >= 0.3 is 0 Å². The Morgan fingerprint density at radius 3 is 2.33 bits per heavy atom. The van der Waals surface area contributed by atoms with Crippen molar-refractivity contribution >= 4 is 21.7 Å². The lowest BCUT2D eigenvalue weighted by molar-refractivity contribution is 0.415. The first-order chi connectivity index (χ1) is 14.8. The largest absolute Gasteiger partial charge is 0.497 e. The zero-order valence-electron chi connectivity index (χ0n) is 16.7. The highest BCUT2D eigenvalue weighted by Gasteiger charge is 2.09. The Labute approximate surface area is 174 Å². The van der Waals surface area contributed by atoms with Crippen LogP contribution in [0.25, 0.3) is 33.1 Å². The van der Waals surface area contributed by atoms with Gasteiger partial charge in [-0.25, -0.2) is 0 Å². The average molecular weight is 391 g/mol. The van der Waals surface area contributed by atoms with Gasteiger partial charge in [-0.15, -0.1) is 0 Å². The third-order valence-electron chi connectivity index (χ3n) is 5.28. The molecule has 1 heterocycles. The van der Waals surface area contributed by atoms with E-state index in [-0.39, 0.29) is 0 Å². The molecule has 0 aliphatic rings. The summed E-state index contributed by atoms with van der Waals surface area (Å²) >= 11 is 0. The fourth-order valence-electron chi connectivity index (χ4n) is 3.68. The molecule has 146 valence electrons. The van der Waals surface area contributed by atoms with Crippen LogP contribution in [0.1, 0.15) is 5.56 Å². The van der Waals surface area contributed by atoms with Gasteiger partial charge in [0.15, 0.2) is 0 Å². The molecule has 0 saturated heterocycles. The summed E-state index contributed by atoms with van der Waals surface area (Å²) in [4.78, 5) is 4.95. The maximum atomic E-state index is 6.43. The molecule has 0 spiro atoms. The first kappa shape index (κ1) is 18.2. The molecule has 4 aromatic carbocycles. The van der Waals surface area contributed by atoms with E-state index in [1.165, 1.54) is 5.56 Å². The average Bonchev–Trinajstić information content (AvgIpc) is 2.83. The Kier molecular flexibility index (Phi) is 4.78. The molecule has 0 aliphatic heterocycles. The quantitative estimate of drug-likeness (QED) is 0.334. The molecule has 0 unspecified atom stereocenters. The van der Waals surface area contributed by atoms with Gasteiger partial charge in [0.05, 0.1) is 19.0 Å². The van der Waals surface area contributed by atoms with Gasteiger partial charge in [-0.1, -0.05) is 60.7 Å². The molecule has 30 heavy (non-hydrogen) atoms. The predicted molar refractivity (Wildman–Crippen MR) is 121 cm³/mol. The van der Waals surface area contributed by atoms with E-state index in [2.05, 4.69) is 36.4 Å². The van der Waals surface area contributed by atoms with Gasteiger partial charge in [-0.3, -0.25) is 4.99 Å². The van der Waals surface area contributed by atoms with Crippen LogP contribution in [0.2, 0.25) is 0 Å². The van der Waals surface area contributed by atoms with Crippen molar-refractivity contribution in [2.45, 2.75) is 6.54 Å². The van der Waals surface area contributed by atoms with Gasteiger partial charge < -0.3 is 9.15 Å². The van der Waals surface area contributed by atoms with Crippen molar-refractivity contribution in [2.75, 3.05) is 7.11 Å². The SMILES string of the molecule is COc1ccc(-c2cc(=NCc3ccccc3)c3ccc4ccccc4c3o2)cc1. The fourth-order valence-corrected chi connectivity index (χ4v) is 3.68. The Hall–Kier alpha value is -3.85. The summed E-state index contributed by atoms with van der Waals surface area (Å²) in [5.41, 5.74) is 3.02. The van der Waals surface area contributed by atoms with Crippen LogP contribution in [0.15, 0.2) is 106 Å². The lowest BCUT2D eigenvalue weighted by atomic mass is 10.1. The van der Waals surface area contributed by atoms with E-state index in [1.54, 1.807) is 7.11 Å². The third-order valence-corrected chi connectivity index (χ3v) is 5.28. The van der Waals surface area contributed by atoms with Crippen LogP contribution < -0.4 is 10.1 Å². The molecule has 5 aromatic rings. The second-order valence-electron chi connectivity index (χ2n) is 7.19. The molecule has 5 rings (SSSR count). The van der Waals surface area contributed by atoms with Crippen molar-refractivity contribution < 1.29 is 9.15 Å². The summed E-state index contributed by atoms with van der Waals surface area (Å²) in [6.07, 6.45) is 0. The van der Waals surface area contributed by atoms with Gasteiger partial charge in [0.25, 0.3) is 0 Å². The van der Waals surface area contributed by atoms with E-state index >= 15 is 0 Å². The van der Waals surface area contributed by atoms with Crippen molar-refractivity contribution in [3.05, 3.63) is 108 Å². The van der Waals surface area contributed by atoms with Gasteiger partial charge in [-0.05, 0) is 41.3 Å². The van der Waals surface area contributed by atoms with Gasteiger partial charge in [-0.2, -0.15) is 0 Å². The minimum absolute atomic E-state index is 0.620. The molecule has 1 aromatic heterocycles. The summed E-state index contributed by atoms with van der Waals surface area (Å²) < 4.78 is 11.7. The van der Waals surface area contributed by atoms with Gasteiger partial charge in [0.2, 0.25) is 0 Å². The van der Waals surface area contributed by atoms with E-state index in [9.17, 15) is 0 Å². The molecular formula is C27H21NO2. The lowest BCUT2D eigenvalue weighted by Crippen LogP contribution is -2.05. The third kappa shape index (κ3) is 3.46. The lowest BCUT2D eigenvalue weighted by Gasteiger charge is -2.08. The minimum atomic E-state index is 0.620. The zero-order chi connectivity index (χ0) is 20.3. The van der Waals surface area contributed by atoms with E-state index in [0.717, 1.165) is 44.2 Å². The summed E-state index contributed by atoms with van der Waals surface area (Å²) in [6.45, 7) is 0.620. The van der Waals surface area contributed by atoms with E-state index in [1.807, 2.05) is 60.7 Å². The normalized spacial score (nSPS) is 11.8. The van der Waals surface area contributed by atoms with Crippen molar-refractivity contribution in [2.24, 2.45) is 4.99 Å². The van der Waals surface area contributed by atoms with Crippen LogP contribution in [0.4, 0.5) is 0 Å². The van der Waals surface area contributed by atoms with Crippen LogP contribution in [0.5, 0.6) is 5.75 Å². The first-order valence-corrected chi connectivity index (χ1v) is 9.96. The summed E-state index contributed by atoms with van der Waals surface area (Å²) in [7, 11) is 1.67. The molecule has 0 bridgehead atoms. The molecule has 3 nitrogen and oxygen atoms in total. The highest BCUT2D eigenvalue weighted by molar-refractivity contribution is 6.04. The Morgan fingerprint density at radius 1 is 0.767 bits per heavy atom. The zero-order valence-corrected chi connectivity index (χ0v) is 16.7. The summed E-state index contributed by atoms with van der Waals surface area (Å²) in [5.74, 6) is 1.60. The maximum Gasteiger partial charge on any atom is 0.144 e. The van der Waals surface area contributed by atoms with E-state index in [4.69, 9.17) is 14.1 Å². The van der Waals surface area contributed by atoms with Crippen LogP contribution >= 0.6 is 0 Å².